The standard InChI is InChI=1S/C21H29N3O/c25-14-11-20-16-23(12-13-24(20)19-6-2-3-7-19)15-18-10-9-17-5-1-4-8-21(17)22-18/h1,4-5,8-10,19-20,25H,2-3,6-7,11-16H2. The maximum Gasteiger partial charge on any atom is 0.0705 e. The van der Waals surface area contributed by atoms with Gasteiger partial charge in [0, 0.05) is 50.3 Å². The molecule has 1 atom stereocenters. The van der Waals surface area contributed by atoms with Gasteiger partial charge in [-0.15, -0.1) is 0 Å². The van der Waals surface area contributed by atoms with Crippen LogP contribution in [0.3, 0.4) is 0 Å². The third kappa shape index (κ3) is 3.86. The van der Waals surface area contributed by atoms with Crippen molar-refractivity contribution in [3.05, 3.63) is 42.1 Å². The maximum atomic E-state index is 9.52. The minimum absolute atomic E-state index is 0.288. The zero-order valence-electron chi connectivity index (χ0n) is 15.0. The summed E-state index contributed by atoms with van der Waals surface area (Å²) in [5, 5.41) is 10.7. The Labute approximate surface area is 150 Å². The Bertz CT molecular complexity index is 698. The third-order valence-corrected chi connectivity index (χ3v) is 5.91. The van der Waals surface area contributed by atoms with Gasteiger partial charge in [-0.3, -0.25) is 14.8 Å². The molecule has 4 heteroatoms. The van der Waals surface area contributed by atoms with Crippen molar-refractivity contribution in [2.75, 3.05) is 26.2 Å². The molecule has 1 aromatic carbocycles. The van der Waals surface area contributed by atoms with Gasteiger partial charge >= 0.3 is 0 Å². The highest BCUT2D eigenvalue weighted by atomic mass is 16.3. The highest BCUT2D eigenvalue weighted by molar-refractivity contribution is 5.78. The number of aromatic nitrogens is 1. The smallest absolute Gasteiger partial charge is 0.0705 e. The predicted octanol–water partition coefficient (Wildman–Crippen LogP) is 3.05. The van der Waals surface area contributed by atoms with Crippen molar-refractivity contribution < 1.29 is 5.11 Å². The molecule has 25 heavy (non-hydrogen) atoms. The highest BCUT2D eigenvalue weighted by Crippen LogP contribution is 2.28. The molecule has 1 aliphatic carbocycles. The van der Waals surface area contributed by atoms with E-state index < -0.39 is 0 Å². The quantitative estimate of drug-likeness (QED) is 0.909. The molecule has 2 fully saturated rings. The van der Waals surface area contributed by atoms with Crippen LogP contribution in [0.4, 0.5) is 0 Å². The molecule has 1 aromatic heterocycles. The molecule has 0 bridgehead atoms. The number of fused-ring (bicyclic) bond motifs is 1. The summed E-state index contributed by atoms with van der Waals surface area (Å²) in [6.07, 6.45) is 6.32. The van der Waals surface area contributed by atoms with E-state index in [2.05, 4.69) is 46.2 Å². The molecule has 1 saturated carbocycles. The number of hydrogen-bond acceptors (Lipinski definition) is 4. The summed E-state index contributed by atoms with van der Waals surface area (Å²) in [5.41, 5.74) is 2.23. The van der Waals surface area contributed by atoms with Crippen molar-refractivity contribution in [1.82, 2.24) is 14.8 Å². The third-order valence-electron chi connectivity index (χ3n) is 5.91. The van der Waals surface area contributed by atoms with Gasteiger partial charge in [-0.2, -0.15) is 0 Å². The fourth-order valence-corrected chi connectivity index (χ4v) is 4.63. The number of hydrogen-bond donors (Lipinski definition) is 1. The largest absolute Gasteiger partial charge is 0.396 e. The van der Waals surface area contributed by atoms with Crippen molar-refractivity contribution >= 4 is 10.9 Å². The molecule has 1 unspecified atom stereocenters. The van der Waals surface area contributed by atoms with Gasteiger partial charge < -0.3 is 5.11 Å². The monoisotopic (exact) mass is 339 g/mol. The first-order valence-electron chi connectivity index (χ1n) is 9.77. The van der Waals surface area contributed by atoms with E-state index in [4.69, 9.17) is 4.98 Å². The average Bonchev–Trinajstić information content (AvgIpc) is 3.17. The first-order chi connectivity index (χ1) is 12.3. The first-order valence-corrected chi connectivity index (χ1v) is 9.77. The fourth-order valence-electron chi connectivity index (χ4n) is 4.63. The average molecular weight is 339 g/mol. The van der Waals surface area contributed by atoms with E-state index in [9.17, 15) is 5.11 Å². The summed E-state index contributed by atoms with van der Waals surface area (Å²) in [4.78, 5) is 10.0. The van der Waals surface area contributed by atoms with E-state index >= 15 is 0 Å². The molecule has 2 aromatic rings. The van der Waals surface area contributed by atoms with Gasteiger partial charge in [0.25, 0.3) is 0 Å². The van der Waals surface area contributed by atoms with Crippen LogP contribution in [0.5, 0.6) is 0 Å². The second kappa shape index (κ2) is 7.81. The minimum atomic E-state index is 0.288. The van der Waals surface area contributed by atoms with E-state index in [1.54, 1.807) is 0 Å². The van der Waals surface area contributed by atoms with Crippen molar-refractivity contribution in [2.45, 2.75) is 50.7 Å². The second-order valence-electron chi connectivity index (χ2n) is 7.57. The molecule has 1 N–H and O–H groups in total. The van der Waals surface area contributed by atoms with Gasteiger partial charge in [-0.25, -0.2) is 0 Å². The van der Waals surface area contributed by atoms with Crippen molar-refractivity contribution in [3.63, 3.8) is 0 Å². The normalized spacial score (nSPS) is 23.5. The Morgan fingerprint density at radius 3 is 2.72 bits per heavy atom. The van der Waals surface area contributed by atoms with E-state index in [-0.39, 0.29) is 6.61 Å². The van der Waals surface area contributed by atoms with E-state index in [0.717, 1.165) is 49.9 Å². The lowest BCUT2D eigenvalue weighted by atomic mass is 10.0. The van der Waals surface area contributed by atoms with Crippen molar-refractivity contribution in [1.29, 1.82) is 0 Å². The Morgan fingerprint density at radius 2 is 1.88 bits per heavy atom. The predicted molar refractivity (Wildman–Crippen MR) is 101 cm³/mol. The lowest BCUT2D eigenvalue weighted by Crippen LogP contribution is -2.56. The number of aliphatic hydroxyl groups excluding tert-OH is 1. The van der Waals surface area contributed by atoms with Gasteiger partial charge in [0.15, 0.2) is 0 Å². The van der Waals surface area contributed by atoms with Crippen LogP contribution < -0.4 is 0 Å². The molecule has 0 spiro atoms. The zero-order chi connectivity index (χ0) is 17.1. The van der Waals surface area contributed by atoms with Crippen LogP contribution in [0, 0.1) is 0 Å². The van der Waals surface area contributed by atoms with Gasteiger partial charge in [-0.05, 0) is 31.4 Å². The van der Waals surface area contributed by atoms with Crippen LogP contribution in [0.2, 0.25) is 0 Å². The highest BCUT2D eigenvalue weighted by Gasteiger charge is 2.32. The van der Waals surface area contributed by atoms with Crippen molar-refractivity contribution in [2.24, 2.45) is 0 Å². The number of rotatable bonds is 5. The van der Waals surface area contributed by atoms with Crippen LogP contribution >= 0.6 is 0 Å². The molecule has 4 nitrogen and oxygen atoms in total. The number of aliphatic hydroxyl groups is 1. The Balaban J connectivity index is 1.43. The van der Waals surface area contributed by atoms with E-state index in [0.29, 0.717) is 6.04 Å². The van der Waals surface area contributed by atoms with Gasteiger partial charge in [0.1, 0.15) is 0 Å². The molecular formula is C21H29N3O. The van der Waals surface area contributed by atoms with Crippen molar-refractivity contribution in [3.8, 4) is 0 Å². The number of pyridine rings is 1. The number of benzene rings is 1. The number of nitrogens with zero attached hydrogens (tertiary/aromatic N) is 3. The number of para-hydroxylation sites is 1. The summed E-state index contributed by atoms with van der Waals surface area (Å²) in [7, 11) is 0. The molecule has 0 radical (unpaired) electrons. The molecule has 4 rings (SSSR count). The topological polar surface area (TPSA) is 39.6 Å². The first kappa shape index (κ1) is 17.0. The van der Waals surface area contributed by atoms with Crippen LogP contribution in [-0.2, 0) is 6.54 Å². The Kier molecular flexibility index (Phi) is 5.30. The van der Waals surface area contributed by atoms with Gasteiger partial charge in [0.2, 0.25) is 0 Å². The molecule has 134 valence electrons. The molecular weight excluding hydrogens is 310 g/mol. The molecule has 1 aliphatic heterocycles. The van der Waals surface area contributed by atoms with Gasteiger partial charge in [-0.1, -0.05) is 37.1 Å². The lowest BCUT2D eigenvalue weighted by molar-refractivity contribution is 0.0263. The molecule has 1 saturated heterocycles. The fraction of sp³-hybridized carbons (Fsp3) is 0.571. The Hall–Kier alpha value is -1.49. The second-order valence-corrected chi connectivity index (χ2v) is 7.57. The molecule has 0 amide bonds. The molecule has 2 aliphatic rings. The van der Waals surface area contributed by atoms with Crippen LogP contribution in [0.25, 0.3) is 10.9 Å². The summed E-state index contributed by atoms with van der Waals surface area (Å²) in [6, 6.07) is 13.9. The summed E-state index contributed by atoms with van der Waals surface area (Å²) < 4.78 is 0. The van der Waals surface area contributed by atoms with Crippen LogP contribution in [-0.4, -0.2) is 58.2 Å². The van der Waals surface area contributed by atoms with E-state index in [1.807, 2.05) is 0 Å². The summed E-state index contributed by atoms with van der Waals surface area (Å²) >= 11 is 0. The maximum absolute atomic E-state index is 9.52. The van der Waals surface area contributed by atoms with E-state index in [1.165, 1.54) is 31.1 Å². The summed E-state index contributed by atoms with van der Waals surface area (Å²) in [6.45, 7) is 4.47. The summed E-state index contributed by atoms with van der Waals surface area (Å²) in [5.74, 6) is 0. The molecule has 2 heterocycles. The Morgan fingerprint density at radius 1 is 1.04 bits per heavy atom. The van der Waals surface area contributed by atoms with Crippen LogP contribution in [0.15, 0.2) is 36.4 Å². The lowest BCUT2D eigenvalue weighted by Gasteiger charge is -2.44. The number of piperazine rings is 1. The van der Waals surface area contributed by atoms with Gasteiger partial charge in [0.05, 0.1) is 11.2 Å². The van der Waals surface area contributed by atoms with Crippen LogP contribution in [0.1, 0.15) is 37.8 Å². The minimum Gasteiger partial charge on any atom is -0.396 e. The zero-order valence-corrected chi connectivity index (χ0v) is 15.0. The SMILES string of the molecule is OCCC1CN(Cc2ccc3ccccc3n2)CCN1C1CCCC1.